The van der Waals surface area contributed by atoms with E-state index in [4.69, 9.17) is 9.90 Å². The molecule has 0 saturated carbocycles. The number of hydrogen-bond donors (Lipinski definition) is 1. The Morgan fingerprint density at radius 2 is 1.93 bits per heavy atom. The van der Waals surface area contributed by atoms with Crippen LogP contribution in [0.2, 0.25) is 6.04 Å². The lowest BCUT2D eigenvalue weighted by molar-refractivity contribution is -0.122. The highest BCUT2D eigenvalue weighted by Crippen LogP contribution is 1.99. The summed E-state index contributed by atoms with van der Waals surface area (Å²) in [5.74, 6) is 0. The van der Waals surface area contributed by atoms with Gasteiger partial charge in [-0.25, -0.2) is 0 Å². The van der Waals surface area contributed by atoms with Crippen LogP contribution >= 0.6 is 0 Å². The first-order valence-corrected chi connectivity index (χ1v) is 6.57. The van der Waals surface area contributed by atoms with Gasteiger partial charge in [-0.2, -0.15) is 0 Å². The summed E-state index contributed by atoms with van der Waals surface area (Å²) in [4.78, 5) is 8.36. The molecule has 3 heteroatoms. The lowest BCUT2D eigenvalue weighted by atomic mass is 10.2. The van der Waals surface area contributed by atoms with Crippen LogP contribution in [-0.2, 0) is 10.8 Å². The van der Waals surface area contributed by atoms with E-state index in [9.17, 15) is 0 Å². The highest BCUT2D eigenvalue weighted by atomic mass is 28.2. The molecule has 0 amide bonds. The van der Waals surface area contributed by atoms with E-state index in [0.717, 1.165) is 0 Å². The molecule has 0 saturated heterocycles. The normalized spacial score (nSPS) is 9.14. The Labute approximate surface area is 87.1 Å². The fourth-order valence-corrected chi connectivity index (χ4v) is 2.33. The van der Waals surface area contributed by atoms with Crippen molar-refractivity contribution >= 4 is 16.0 Å². The summed E-state index contributed by atoms with van der Waals surface area (Å²) >= 11 is 0. The number of rotatable bonds is 4. The lowest BCUT2D eigenvalue weighted by Gasteiger charge is -1.96. The molecule has 0 aliphatic rings. The summed E-state index contributed by atoms with van der Waals surface area (Å²) in [6.07, 6.45) is 2.04. The summed E-state index contributed by atoms with van der Waals surface area (Å²) in [5.41, 5.74) is 1.49. The Morgan fingerprint density at radius 1 is 1.36 bits per heavy atom. The van der Waals surface area contributed by atoms with Gasteiger partial charge >= 0.3 is 0 Å². The molecule has 0 spiro atoms. The number of carboxylic acid groups (broad SMARTS) is 1. The quantitative estimate of drug-likeness (QED) is 0.354. The largest absolute Gasteiger partial charge is 0.483 e. The molecule has 0 radical (unpaired) electrons. The fourth-order valence-electron chi connectivity index (χ4n) is 1.10. The van der Waals surface area contributed by atoms with Crippen molar-refractivity contribution in [2.24, 2.45) is 0 Å². The monoisotopic (exact) mass is 208 g/mol. The van der Waals surface area contributed by atoms with E-state index in [0.29, 0.717) is 0 Å². The SMILES string of the molecule is C=CC[SiH2]Cc1ccccc1.O=CO. The molecular formula is C11H16O2Si. The van der Waals surface area contributed by atoms with Gasteiger partial charge in [0.15, 0.2) is 0 Å². The van der Waals surface area contributed by atoms with E-state index in [1.165, 1.54) is 17.7 Å². The molecule has 0 heterocycles. The van der Waals surface area contributed by atoms with Crippen molar-refractivity contribution in [3.8, 4) is 0 Å². The second kappa shape index (κ2) is 9.73. The van der Waals surface area contributed by atoms with Crippen molar-refractivity contribution in [2.45, 2.75) is 12.1 Å². The molecule has 0 unspecified atom stereocenters. The van der Waals surface area contributed by atoms with Gasteiger partial charge in [-0.3, -0.25) is 4.79 Å². The van der Waals surface area contributed by atoms with E-state index in [1.807, 2.05) is 6.08 Å². The third-order valence-corrected chi connectivity index (χ3v) is 3.46. The maximum absolute atomic E-state index is 8.36. The summed E-state index contributed by atoms with van der Waals surface area (Å²) in [6, 6.07) is 13.3. The van der Waals surface area contributed by atoms with E-state index in [-0.39, 0.29) is 16.0 Å². The number of carbonyl (C=O) groups is 1. The third-order valence-electron chi connectivity index (χ3n) is 1.72. The first kappa shape index (κ1) is 12.6. The van der Waals surface area contributed by atoms with Gasteiger partial charge in [0.1, 0.15) is 0 Å². The molecule has 2 nitrogen and oxygen atoms in total. The maximum atomic E-state index is 8.36. The minimum Gasteiger partial charge on any atom is -0.483 e. The Kier molecular flexibility index (Phi) is 8.79. The van der Waals surface area contributed by atoms with Crippen molar-refractivity contribution in [3.63, 3.8) is 0 Å². The van der Waals surface area contributed by atoms with Crippen molar-refractivity contribution < 1.29 is 9.90 Å². The molecule has 0 aliphatic carbocycles. The van der Waals surface area contributed by atoms with Gasteiger partial charge in [-0.05, 0) is 12.1 Å². The Balaban J connectivity index is 0.000000500. The zero-order valence-corrected chi connectivity index (χ0v) is 9.64. The Bertz CT molecular complexity index is 247. The molecule has 76 valence electrons. The maximum Gasteiger partial charge on any atom is 0.290 e. The smallest absolute Gasteiger partial charge is 0.290 e. The fraction of sp³-hybridized carbons (Fsp3) is 0.182. The average molecular weight is 208 g/mol. The van der Waals surface area contributed by atoms with Crippen molar-refractivity contribution in [2.75, 3.05) is 0 Å². The molecule has 0 bridgehead atoms. The summed E-state index contributed by atoms with van der Waals surface area (Å²) in [7, 11) is 0.0950. The second-order valence-electron chi connectivity index (χ2n) is 2.77. The third kappa shape index (κ3) is 7.30. The van der Waals surface area contributed by atoms with Gasteiger partial charge in [-0.15, -0.1) is 6.58 Å². The standard InChI is InChI=1S/C10H14Si.CH2O2/c1-2-8-11-9-10-6-4-3-5-7-10;2-1-3/h2-7H,1,8-9,11H2;1H,(H,2,3). The zero-order chi connectivity index (χ0) is 10.6. The minimum atomic E-state index is -0.250. The number of allylic oxidation sites excluding steroid dienone is 1. The highest BCUT2D eigenvalue weighted by Gasteiger charge is 1.89. The molecule has 0 aliphatic heterocycles. The number of hydrogen-bond acceptors (Lipinski definition) is 1. The van der Waals surface area contributed by atoms with Gasteiger partial charge in [0.2, 0.25) is 0 Å². The summed E-state index contributed by atoms with van der Waals surface area (Å²) in [5, 5.41) is 6.89. The van der Waals surface area contributed by atoms with Crippen molar-refractivity contribution in [1.82, 2.24) is 0 Å². The predicted molar refractivity (Wildman–Crippen MR) is 62.4 cm³/mol. The van der Waals surface area contributed by atoms with Crippen molar-refractivity contribution in [3.05, 3.63) is 48.6 Å². The van der Waals surface area contributed by atoms with Crippen LogP contribution in [0.25, 0.3) is 0 Å². The minimum absolute atomic E-state index is 0.0950. The molecule has 14 heavy (non-hydrogen) atoms. The van der Waals surface area contributed by atoms with Crippen LogP contribution in [0.1, 0.15) is 5.56 Å². The van der Waals surface area contributed by atoms with Gasteiger partial charge in [0.25, 0.3) is 6.47 Å². The molecule has 1 aromatic rings. The molecule has 0 fully saturated rings. The molecule has 0 atom stereocenters. The first-order chi connectivity index (χ1) is 6.85. The molecular weight excluding hydrogens is 192 g/mol. The molecule has 0 aromatic heterocycles. The Hall–Kier alpha value is -1.35. The topological polar surface area (TPSA) is 37.3 Å². The Morgan fingerprint density at radius 3 is 2.43 bits per heavy atom. The van der Waals surface area contributed by atoms with Crippen molar-refractivity contribution in [1.29, 1.82) is 0 Å². The zero-order valence-electron chi connectivity index (χ0n) is 8.23. The number of benzene rings is 1. The van der Waals surface area contributed by atoms with E-state index in [1.54, 1.807) is 0 Å². The van der Waals surface area contributed by atoms with E-state index < -0.39 is 0 Å². The van der Waals surface area contributed by atoms with E-state index in [2.05, 4.69) is 36.9 Å². The van der Waals surface area contributed by atoms with E-state index >= 15 is 0 Å². The molecule has 1 N–H and O–H groups in total. The van der Waals surface area contributed by atoms with Gasteiger partial charge in [0.05, 0.1) is 0 Å². The highest BCUT2D eigenvalue weighted by molar-refractivity contribution is 6.35. The van der Waals surface area contributed by atoms with Crippen LogP contribution in [0.15, 0.2) is 43.0 Å². The van der Waals surface area contributed by atoms with Crippen LogP contribution in [0.5, 0.6) is 0 Å². The van der Waals surface area contributed by atoms with Gasteiger partial charge in [0, 0.05) is 9.52 Å². The first-order valence-electron chi connectivity index (χ1n) is 4.57. The van der Waals surface area contributed by atoms with Crippen LogP contribution in [-0.4, -0.2) is 21.1 Å². The van der Waals surface area contributed by atoms with Crippen LogP contribution in [0.4, 0.5) is 0 Å². The molecule has 1 rings (SSSR count). The van der Waals surface area contributed by atoms with Crippen LogP contribution in [0, 0.1) is 0 Å². The average Bonchev–Trinajstić information content (AvgIpc) is 2.21. The predicted octanol–water partition coefficient (Wildman–Crippen LogP) is 1.66. The lowest BCUT2D eigenvalue weighted by Crippen LogP contribution is -1.93. The summed E-state index contributed by atoms with van der Waals surface area (Å²) < 4.78 is 0. The second-order valence-corrected chi connectivity index (χ2v) is 4.56. The van der Waals surface area contributed by atoms with Gasteiger partial charge in [-0.1, -0.05) is 42.0 Å². The van der Waals surface area contributed by atoms with Gasteiger partial charge < -0.3 is 5.11 Å². The van der Waals surface area contributed by atoms with Crippen LogP contribution < -0.4 is 0 Å². The molecule has 1 aromatic carbocycles. The van der Waals surface area contributed by atoms with Crippen LogP contribution in [0.3, 0.4) is 0 Å². The summed E-state index contributed by atoms with van der Waals surface area (Å²) in [6.45, 7) is 3.48.